The summed E-state index contributed by atoms with van der Waals surface area (Å²) in [6.07, 6.45) is 6.24. The highest BCUT2D eigenvalue weighted by molar-refractivity contribution is 7.99. The van der Waals surface area contributed by atoms with Gasteiger partial charge in [-0.25, -0.2) is 4.98 Å². The molecule has 2 N–H and O–H groups in total. The van der Waals surface area contributed by atoms with Crippen LogP contribution in [0.1, 0.15) is 12.8 Å². The van der Waals surface area contributed by atoms with Crippen molar-refractivity contribution in [1.29, 1.82) is 0 Å². The molecule has 4 nitrogen and oxygen atoms in total. The van der Waals surface area contributed by atoms with E-state index in [1.54, 1.807) is 18.0 Å². The fourth-order valence-corrected chi connectivity index (χ4v) is 2.35. The van der Waals surface area contributed by atoms with Crippen molar-refractivity contribution in [2.24, 2.45) is 7.05 Å². The minimum atomic E-state index is 0.194. The van der Waals surface area contributed by atoms with Gasteiger partial charge in [-0.05, 0) is 12.8 Å². The van der Waals surface area contributed by atoms with E-state index in [-0.39, 0.29) is 12.6 Å². The lowest BCUT2D eigenvalue weighted by molar-refractivity contribution is 0.253. The van der Waals surface area contributed by atoms with Crippen LogP contribution in [0.4, 0.5) is 0 Å². The molecule has 0 aliphatic heterocycles. The molecule has 0 saturated heterocycles. The van der Waals surface area contributed by atoms with Gasteiger partial charge < -0.3 is 15.0 Å². The summed E-state index contributed by atoms with van der Waals surface area (Å²) in [5.41, 5.74) is 0. The molecule has 15 heavy (non-hydrogen) atoms. The molecule has 1 fully saturated rings. The second-order valence-corrected chi connectivity index (χ2v) is 4.94. The molecule has 0 spiro atoms. The Kier molecular flexibility index (Phi) is 3.66. The maximum Gasteiger partial charge on any atom is 0.167 e. The van der Waals surface area contributed by atoms with Crippen molar-refractivity contribution in [2.75, 3.05) is 12.4 Å². The minimum Gasteiger partial charge on any atom is -0.395 e. The van der Waals surface area contributed by atoms with Gasteiger partial charge in [0.15, 0.2) is 5.16 Å². The first-order valence-corrected chi connectivity index (χ1v) is 6.25. The van der Waals surface area contributed by atoms with E-state index < -0.39 is 0 Å². The monoisotopic (exact) mass is 227 g/mol. The lowest BCUT2D eigenvalue weighted by atomic mass is 10.3. The number of aromatic nitrogens is 2. The van der Waals surface area contributed by atoms with E-state index in [1.807, 2.05) is 17.8 Å². The van der Waals surface area contributed by atoms with Gasteiger partial charge in [0.1, 0.15) is 0 Å². The van der Waals surface area contributed by atoms with Gasteiger partial charge in [-0.3, -0.25) is 0 Å². The summed E-state index contributed by atoms with van der Waals surface area (Å²) in [5.74, 6) is 0.873. The normalized spacial score (nSPS) is 18.0. The van der Waals surface area contributed by atoms with E-state index >= 15 is 0 Å². The van der Waals surface area contributed by atoms with Crippen LogP contribution in [0.5, 0.6) is 0 Å². The van der Waals surface area contributed by atoms with Gasteiger partial charge in [0.2, 0.25) is 0 Å². The maximum absolute atomic E-state index is 9.20. The van der Waals surface area contributed by atoms with E-state index in [9.17, 15) is 5.11 Å². The minimum absolute atomic E-state index is 0.194. The van der Waals surface area contributed by atoms with Crippen LogP contribution >= 0.6 is 11.8 Å². The quantitative estimate of drug-likeness (QED) is 0.700. The number of thioether (sulfide) groups is 1. The molecular formula is C10H17N3OS. The zero-order valence-electron chi connectivity index (χ0n) is 8.89. The second-order valence-electron chi connectivity index (χ2n) is 3.95. The summed E-state index contributed by atoms with van der Waals surface area (Å²) >= 11 is 1.69. The van der Waals surface area contributed by atoms with E-state index in [2.05, 4.69) is 10.3 Å². The van der Waals surface area contributed by atoms with Crippen molar-refractivity contribution in [2.45, 2.75) is 30.1 Å². The number of nitrogens with zero attached hydrogens (tertiary/aromatic N) is 2. The first-order chi connectivity index (χ1) is 7.29. The molecule has 2 rings (SSSR count). The Bertz CT molecular complexity index is 311. The number of imidazole rings is 1. The molecule has 1 unspecified atom stereocenters. The van der Waals surface area contributed by atoms with Gasteiger partial charge in [-0.15, -0.1) is 0 Å². The highest BCUT2D eigenvalue weighted by Crippen LogP contribution is 2.21. The zero-order chi connectivity index (χ0) is 10.7. The lowest BCUT2D eigenvalue weighted by Gasteiger charge is -2.14. The van der Waals surface area contributed by atoms with Crippen LogP contribution < -0.4 is 5.32 Å². The Labute approximate surface area is 94.1 Å². The molecule has 1 atom stereocenters. The summed E-state index contributed by atoms with van der Waals surface area (Å²) in [6, 6.07) is 0.836. The largest absolute Gasteiger partial charge is 0.395 e. The Morgan fingerprint density at radius 1 is 1.73 bits per heavy atom. The van der Waals surface area contributed by atoms with Crippen molar-refractivity contribution in [3.05, 3.63) is 12.4 Å². The fourth-order valence-electron chi connectivity index (χ4n) is 1.40. The SMILES string of the molecule is Cn1ccnc1SCC(CO)NC1CC1. The molecule has 1 saturated carbocycles. The van der Waals surface area contributed by atoms with E-state index in [0.29, 0.717) is 6.04 Å². The van der Waals surface area contributed by atoms with Crippen LogP contribution in [0.3, 0.4) is 0 Å². The van der Waals surface area contributed by atoms with Gasteiger partial charge in [0, 0.05) is 37.3 Å². The van der Waals surface area contributed by atoms with E-state index in [0.717, 1.165) is 10.9 Å². The Morgan fingerprint density at radius 3 is 3.07 bits per heavy atom. The Morgan fingerprint density at radius 2 is 2.53 bits per heavy atom. The Balaban J connectivity index is 1.77. The molecule has 1 aliphatic carbocycles. The van der Waals surface area contributed by atoms with Crippen molar-refractivity contribution in [3.63, 3.8) is 0 Å². The number of aliphatic hydroxyl groups is 1. The smallest absolute Gasteiger partial charge is 0.167 e. The molecule has 84 valence electrons. The number of aryl methyl sites for hydroxylation is 1. The van der Waals surface area contributed by atoms with Crippen LogP contribution in [0.25, 0.3) is 0 Å². The van der Waals surface area contributed by atoms with Crippen molar-refractivity contribution in [1.82, 2.24) is 14.9 Å². The predicted molar refractivity (Wildman–Crippen MR) is 61.0 cm³/mol. The molecule has 5 heteroatoms. The van der Waals surface area contributed by atoms with E-state index in [1.165, 1.54) is 12.8 Å². The summed E-state index contributed by atoms with van der Waals surface area (Å²) in [4.78, 5) is 4.23. The van der Waals surface area contributed by atoms with E-state index in [4.69, 9.17) is 0 Å². The highest BCUT2D eigenvalue weighted by Gasteiger charge is 2.24. The van der Waals surface area contributed by atoms with Crippen molar-refractivity contribution >= 4 is 11.8 Å². The molecule has 0 radical (unpaired) electrons. The van der Waals surface area contributed by atoms with Gasteiger partial charge in [-0.2, -0.15) is 0 Å². The van der Waals surface area contributed by atoms with Crippen LogP contribution in [-0.4, -0.2) is 39.1 Å². The average molecular weight is 227 g/mol. The lowest BCUT2D eigenvalue weighted by Crippen LogP contribution is -2.36. The maximum atomic E-state index is 9.20. The van der Waals surface area contributed by atoms with Crippen LogP contribution in [-0.2, 0) is 7.05 Å². The second kappa shape index (κ2) is 5.01. The first-order valence-electron chi connectivity index (χ1n) is 5.26. The number of aliphatic hydroxyl groups excluding tert-OH is 1. The third kappa shape index (κ3) is 3.22. The van der Waals surface area contributed by atoms with Crippen LogP contribution in [0.2, 0.25) is 0 Å². The standard InChI is InChI=1S/C10H17N3OS/c1-13-5-4-11-10(13)15-7-9(6-14)12-8-2-3-8/h4-5,8-9,12,14H,2-3,6-7H2,1H3. The van der Waals surface area contributed by atoms with Gasteiger partial charge in [0.05, 0.1) is 6.61 Å². The number of nitrogens with one attached hydrogen (secondary N) is 1. The molecule has 1 aliphatic rings. The summed E-state index contributed by atoms with van der Waals surface area (Å²) < 4.78 is 2.00. The van der Waals surface area contributed by atoms with Crippen LogP contribution in [0.15, 0.2) is 17.6 Å². The Hall–Kier alpha value is -0.520. The summed E-state index contributed by atoms with van der Waals surface area (Å²) in [5, 5.41) is 13.6. The predicted octanol–water partition coefficient (Wildman–Crippen LogP) is 0.625. The number of hydrogen-bond donors (Lipinski definition) is 2. The van der Waals surface area contributed by atoms with Gasteiger partial charge in [0.25, 0.3) is 0 Å². The number of hydrogen-bond acceptors (Lipinski definition) is 4. The molecule has 0 amide bonds. The molecular weight excluding hydrogens is 210 g/mol. The summed E-state index contributed by atoms with van der Waals surface area (Å²) in [6.45, 7) is 0.202. The molecule has 1 aromatic heterocycles. The van der Waals surface area contributed by atoms with Crippen LogP contribution in [0, 0.1) is 0 Å². The third-order valence-electron chi connectivity index (χ3n) is 2.46. The van der Waals surface area contributed by atoms with Gasteiger partial charge >= 0.3 is 0 Å². The number of rotatable bonds is 6. The molecule has 0 aromatic carbocycles. The van der Waals surface area contributed by atoms with Gasteiger partial charge in [-0.1, -0.05) is 11.8 Å². The molecule has 0 bridgehead atoms. The molecule has 1 heterocycles. The van der Waals surface area contributed by atoms with Crippen molar-refractivity contribution < 1.29 is 5.11 Å². The highest BCUT2D eigenvalue weighted by atomic mass is 32.2. The molecule has 1 aromatic rings. The first kappa shape index (κ1) is 11.0. The zero-order valence-corrected chi connectivity index (χ0v) is 9.70. The average Bonchev–Trinajstić information content (AvgIpc) is 2.96. The fraction of sp³-hybridized carbons (Fsp3) is 0.700. The van der Waals surface area contributed by atoms with Crippen molar-refractivity contribution in [3.8, 4) is 0 Å². The topological polar surface area (TPSA) is 50.1 Å². The summed E-state index contributed by atoms with van der Waals surface area (Å²) in [7, 11) is 1.98. The third-order valence-corrected chi connectivity index (χ3v) is 3.68.